The molecule has 0 saturated heterocycles. The molecule has 0 aliphatic heterocycles. The number of Topliss-reactive ketones (excluding diaryl/α,β-unsaturated/α-hetero) is 2. The van der Waals surface area contributed by atoms with Gasteiger partial charge in [-0.25, -0.2) is 4.98 Å². The second-order valence-corrected chi connectivity index (χ2v) is 4.76. The second-order valence-electron chi connectivity index (χ2n) is 4.76. The number of aryl methyl sites for hydroxylation is 1. The largest absolute Gasteiger partial charge is 0.398 e. The van der Waals surface area contributed by atoms with Gasteiger partial charge in [-0.2, -0.15) is 0 Å². The lowest BCUT2D eigenvalue weighted by Gasteiger charge is -2.24. The molecule has 6 nitrogen and oxygen atoms in total. The van der Waals surface area contributed by atoms with E-state index in [9.17, 15) is 14.4 Å². The summed E-state index contributed by atoms with van der Waals surface area (Å²) in [6, 6.07) is 1.87. The lowest BCUT2D eigenvalue weighted by atomic mass is 9.92. The highest BCUT2D eigenvalue weighted by molar-refractivity contribution is 6.03. The Hall–Kier alpha value is -2.50. The van der Waals surface area contributed by atoms with Crippen LogP contribution in [0.3, 0.4) is 0 Å². The van der Waals surface area contributed by atoms with E-state index in [0.29, 0.717) is 4.57 Å². The molecule has 3 unspecified atom stereocenters. The van der Waals surface area contributed by atoms with E-state index < -0.39 is 42.4 Å². The van der Waals surface area contributed by atoms with Crippen LogP contribution < -0.4 is 11.3 Å². The molecule has 1 saturated carbocycles. The molecule has 1 heterocycles. The van der Waals surface area contributed by atoms with Crippen LogP contribution in [-0.2, 0) is 9.59 Å². The van der Waals surface area contributed by atoms with Crippen LogP contribution >= 0.6 is 0 Å². The van der Waals surface area contributed by atoms with Crippen molar-refractivity contribution in [3.8, 4) is 0 Å². The minimum absolute atomic E-state index is 0.0247. The van der Waals surface area contributed by atoms with Crippen LogP contribution in [0.15, 0.2) is 23.0 Å². The summed E-state index contributed by atoms with van der Waals surface area (Å²) in [6.07, 6.45) is -4.14. The molecule has 1 aromatic heterocycles. The zero-order valence-electron chi connectivity index (χ0n) is 16.2. The van der Waals surface area contributed by atoms with Crippen LogP contribution in [0, 0.1) is 6.92 Å². The number of rotatable bonds is 2. The van der Waals surface area contributed by atoms with Gasteiger partial charge in [-0.15, -0.1) is 0 Å². The molecule has 1 aromatic carbocycles. The van der Waals surface area contributed by atoms with Gasteiger partial charge in [0, 0.05) is 14.8 Å². The van der Waals surface area contributed by atoms with Gasteiger partial charge in [0.2, 0.25) is 0 Å². The van der Waals surface area contributed by atoms with Gasteiger partial charge >= 0.3 is 0 Å². The summed E-state index contributed by atoms with van der Waals surface area (Å²) in [4.78, 5) is 41.4. The van der Waals surface area contributed by atoms with Crippen molar-refractivity contribution < 1.29 is 16.5 Å². The first-order valence-electron chi connectivity index (χ1n) is 8.86. The summed E-state index contributed by atoms with van der Waals surface area (Å²) in [5, 5.41) is -0.145. The van der Waals surface area contributed by atoms with Gasteiger partial charge in [-0.1, -0.05) is 6.07 Å². The molecule has 3 rings (SSSR count). The third kappa shape index (κ3) is 2.12. The Morgan fingerprint density at radius 1 is 1.48 bits per heavy atom. The molecule has 3 atom stereocenters. The SMILES string of the molecule is [2H]C1C(=O)CC(=O)C([2H])(n2c(C)nc3cccc(N([2H])[2H])c3c2=O)C1[2H]. The summed E-state index contributed by atoms with van der Waals surface area (Å²) in [6.45, 7) is 1.39. The molecule has 0 radical (unpaired) electrons. The third-order valence-electron chi connectivity index (χ3n) is 3.33. The predicted octanol–water partition coefficient (Wildman–Crippen LogP) is 1.15. The fraction of sp³-hybridized carbons (Fsp3) is 0.333. The monoisotopic (exact) mass is 290 g/mol. The van der Waals surface area contributed by atoms with E-state index in [4.69, 9.17) is 6.94 Å². The smallest absolute Gasteiger partial charge is 0.264 e. The molecular formula is C15H15N3O3. The van der Waals surface area contributed by atoms with E-state index in [-0.39, 0.29) is 28.1 Å². The fourth-order valence-electron chi connectivity index (χ4n) is 2.38. The van der Waals surface area contributed by atoms with Gasteiger partial charge in [0.1, 0.15) is 11.6 Å². The first-order valence-corrected chi connectivity index (χ1v) is 6.32. The lowest BCUT2D eigenvalue weighted by Crippen LogP contribution is -2.36. The molecule has 1 aliphatic carbocycles. The van der Waals surface area contributed by atoms with E-state index in [0.717, 1.165) is 0 Å². The molecule has 2 aromatic rings. The third-order valence-corrected chi connectivity index (χ3v) is 3.33. The average Bonchev–Trinajstić information content (AvgIpc) is 2.57. The van der Waals surface area contributed by atoms with Gasteiger partial charge in [-0.3, -0.25) is 19.0 Å². The Kier molecular flexibility index (Phi) is 1.99. The van der Waals surface area contributed by atoms with Gasteiger partial charge in [-0.05, 0) is 25.5 Å². The number of nitrogens with two attached hydrogens (primary N) is 1. The Labute approximate surface area is 127 Å². The van der Waals surface area contributed by atoms with Crippen LogP contribution in [0.5, 0.6) is 0 Å². The topological polar surface area (TPSA) is 95.1 Å². The predicted molar refractivity (Wildman–Crippen MR) is 78.1 cm³/mol. The number of anilines is 1. The quantitative estimate of drug-likeness (QED) is 0.661. The number of nitrogens with zero attached hydrogens (tertiary/aromatic N) is 2. The van der Waals surface area contributed by atoms with Crippen LogP contribution in [0.1, 0.15) is 35.2 Å². The van der Waals surface area contributed by atoms with E-state index >= 15 is 0 Å². The van der Waals surface area contributed by atoms with Crippen molar-refractivity contribution in [2.45, 2.75) is 32.2 Å². The number of nitrogen functional groups attached to an aromatic ring is 1. The summed E-state index contributed by atoms with van der Waals surface area (Å²) in [5.41, 5.74) is -0.563. The van der Waals surface area contributed by atoms with Crippen molar-refractivity contribution in [1.82, 2.24) is 9.55 Å². The maximum atomic E-state index is 13.1. The van der Waals surface area contributed by atoms with Gasteiger partial charge in [0.15, 0.2) is 8.61 Å². The second kappa shape index (κ2) is 4.80. The normalized spacial score (nSPS) is 32.9. The summed E-state index contributed by atoms with van der Waals surface area (Å²) in [7, 11) is 0. The van der Waals surface area contributed by atoms with E-state index in [1.54, 1.807) is 0 Å². The Bertz CT molecular complexity index is 992. The molecule has 21 heavy (non-hydrogen) atoms. The molecule has 0 bridgehead atoms. The van der Waals surface area contributed by atoms with Gasteiger partial charge in [0.25, 0.3) is 5.56 Å². The van der Waals surface area contributed by atoms with E-state index in [1.165, 1.54) is 25.1 Å². The van der Waals surface area contributed by atoms with Crippen LogP contribution in [0.2, 0.25) is 2.82 Å². The first kappa shape index (κ1) is 8.71. The first-order chi connectivity index (χ1) is 12.1. The summed E-state index contributed by atoms with van der Waals surface area (Å²) in [5.74, 6) is -1.74. The molecule has 6 heteroatoms. The maximum absolute atomic E-state index is 13.1. The molecular weight excluding hydrogens is 270 g/mol. The van der Waals surface area contributed by atoms with Crippen molar-refractivity contribution in [3.05, 3.63) is 34.4 Å². The molecule has 2 N–H and O–H groups in total. The van der Waals surface area contributed by atoms with Crippen molar-refractivity contribution >= 4 is 28.2 Å². The molecule has 1 fully saturated rings. The van der Waals surface area contributed by atoms with E-state index in [2.05, 4.69) is 4.98 Å². The zero-order valence-corrected chi connectivity index (χ0v) is 11.2. The number of fused-ring (bicyclic) bond motifs is 1. The minimum atomic E-state index is -2.48. The highest BCUT2D eigenvalue weighted by atomic mass is 16.2. The van der Waals surface area contributed by atoms with Crippen molar-refractivity contribution in [1.29, 1.82) is 0 Å². The molecule has 0 amide bonds. The van der Waals surface area contributed by atoms with Crippen LogP contribution in [0.4, 0.5) is 5.69 Å². The zero-order chi connectivity index (χ0) is 19.4. The number of carbonyl (C=O) groups excluding carboxylic acids is 2. The van der Waals surface area contributed by atoms with Crippen LogP contribution in [-0.4, -0.2) is 21.1 Å². The number of hydrogen-bond donors (Lipinski definition) is 1. The fourth-order valence-corrected chi connectivity index (χ4v) is 2.38. The number of benzene rings is 1. The number of ketones is 2. The number of carbonyl (C=O) groups is 2. The highest BCUT2D eigenvalue weighted by Crippen LogP contribution is 2.24. The lowest BCUT2D eigenvalue weighted by molar-refractivity contribution is -0.132. The van der Waals surface area contributed by atoms with Gasteiger partial charge in [0.05, 0.1) is 24.7 Å². The molecule has 1 aliphatic rings. The summed E-state index contributed by atoms with van der Waals surface area (Å²) < 4.78 is 40.0. The molecule has 108 valence electrons. The number of hydrogen-bond acceptors (Lipinski definition) is 5. The van der Waals surface area contributed by atoms with Gasteiger partial charge < -0.3 is 5.72 Å². The Morgan fingerprint density at radius 2 is 2.29 bits per heavy atom. The summed E-state index contributed by atoms with van der Waals surface area (Å²) >= 11 is 0. The molecule has 0 spiro atoms. The Balaban J connectivity index is 2.38. The Morgan fingerprint density at radius 3 is 3.05 bits per heavy atom. The average molecular weight is 290 g/mol. The van der Waals surface area contributed by atoms with Crippen molar-refractivity contribution in [3.63, 3.8) is 0 Å². The van der Waals surface area contributed by atoms with Crippen molar-refractivity contribution in [2.75, 3.05) is 5.72 Å². The highest BCUT2D eigenvalue weighted by Gasteiger charge is 2.30. The maximum Gasteiger partial charge on any atom is 0.264 e. The minimum Gasteiger partial charge on any atom is -0.398 e. The van der Waals surface area contributed by atoms with Crippen LogP contribution in [0.25, 0.3) is 10.9 Å². The van der Waals surface area contributed by atoms with E-state index in [1.807, 2.05) is 0 Å². The number of aromatic nitrogens is 2. The standard InChI is InChI=1S/C15H15N3O3/c1-8-17-11-4-2-3-10(16)14(11)15(21)18(8)12-6-5-9(19)7-13(12)20/h2-4,12H,5-7,16H2,1H3/i5D,6D,12D/hD2. The van der Waals surface area contributed by atoms with Crippen molar-refractivity contribution in [2.24, 2.45) is 0 Å².